The van der Waals surface area contributed by atoms with Crippen molar-refractivity contribution < 1.29 is 4.79 Å². The summed E-state index contributed by atoms with van der Waals surface area (Å²) >= 11 is 0. The maximum absolute atomic E-state index is 13.9. The Morgan fingerprint density at radius 1 is 1.00 bits per heavy atom. The van der Waals surface area contributed by atoms with Crippen LogP contribution in [0.15, 0.2) is 65.5 Å². The number of carbonyl (C=O) groups excluding carboxylic acids is 1. The quantitative estimate of drug-likeness (QED) is 0.225. The number of imidazole rings is 1. The summed E-state index contributed by atoms with van der Waals surface area (Å²) in [4.78, 5) is 41.7. The van der Waals surface area contributed by atoms with E-state index in [-0.39, 0.29) is 17.5 Å². The van der Waals surface area contributed by atoms with Crippen molar-refractivity contribution in [3.8, 4) is 22.5 Å². The van der Waals surface area contributed by atoms with E-state index in [4.69, 9.17) is 4.98 Å². The number of pyridine rings is 1. The van der Waals surface area contributed by atoms with Gasteiger partial charge in [0.25, 0.3) is 5.56 Å². The van der Waals surface area contributed by atoms with Crippen LogP contribution in [-0.4, -0.2) is 65.5 Å². The lowest BCUT2D eigenvalue weighted by Gasteiger charge is -2.45. The number of H-pyrrole nitrogens is 2. The number of carbonyl (C=O) groups is 1. The minimum absolute atomic E-state index is 0.115. The third kappa shape index (κ3) is 4.69. The van der Waals surface area contributed by atoms with Gasteiger partial charge < -0.3 is 30.4 Å². The summed E-state index contributed by atoms with van der Waals surface area (Å²) < 4.78 is 0. The van der Waals surface area contributed by atoms with E-state index in [1.165, 1.54) is 6.92 Å². The monoisotopic (exact) mass is 561 g/mol. The van der Waals surface area contributed by atoms with E-state index in [1.807, 2.05) is 73.6 Å². The number of hydrogen-bond donors (Lipinski definition) is 4. The number of aromatic nitrogens is 3. The van der Waals surface area contributed by atoms with Crippen molar-refractivity contribution in [3.05, 3.63) is 71.0 Å². The maximum Gasteiger partial charge on any atom is 0.261 e. The van der Waals surface area contributed by atoms with Crippen LogP contribution in [0.25, 0.3) is 44.5 Å². The molecule has 214 valence electrons. The van der Waals surface area contributed by atoms with E-state index in [9.17, 15) is 9.59 Å². The van der Waals surface area contributed by atoms with Crippen LogP contribution in [0, 0.1) is 5.92 Å². The van der Waals surface area contributed by atoms with Gasteiger partial charge in [0.1, 0.15) is 11.4 Å². The molecule has 1 atom stereocenters. The number of amides is 1. The van der Waals surface area contributed by atoms with Gasteiger partial charge in [0, 0.05) is 55.9 Å². The molecule has 42 heavy (non-hydrogen) atoms. The summed E-state index contributed by atoms with van der Waals surface area (Å²) in [6, 6.07) is 20.2. The number of anilines is 3. The standard InChI is InChI=1S/C33H35N7O2/c1-19(41)34-22-8-6-7-21(15-22)23-16-24-27(17-29(23)39(2)3)38-33(42)30(32-36-25-9-4-5-10-26(25)37-32)31(24)35-28-18-40-13-11-20(28)12-14-40/h4-10,15-17,20,28H,11-14,18H2,1-3H3,(H,34,41)(H,36,37)(H2,35,38,42)/t28-/m0/s1. The lowest BCUT2D eigenvalue weighted by atomic mass is 9.83. The summed E-state index contributed by atoms with van der Waals surface area (Å²) in [5, 5.41) is 7.71. The summed E-state index contributed by atoms with van der Waals surface area (Å²) in [5.74, 6) is 0.993. The number of hydrogen-bond acceptors (Lipinski definition) is 6. The van der Waals surface area contributed by atoms with E-state index >= 15 is 0 Å². The van der Waals surface area contributed by atoms with Gasteiger partial charge >= 0.3 is 0 Å². The maximum atomic E-state index is 13.9. The fourth-order valence-electron chi connectivity index (χ4n) is 6.66. The van der Waals surface area contributed by atoms with Crippen molar-refractivity contribution in [2.75, 3.05) is 49.3 Å². The van der Waals surface area contributed by atoms with Gasteiger partial charge in [-0.05, 0) is 73.8 Å². The van der Waals surface area contributed by atoms with E-state index in [2.05, 4.69) is 31.6 Å². The first-order valence-corrected chi connectivity index (χ1v) is 14.6. The van der Waals surface area contributed by atoms with Crippen molar-refractivity contribution >= 4 is 44.9 Å². The highest BCUT2D eigenvalue weighted by molar-refractivity contribution is 6.04. The van der Waals surface area contributed by atoms with Gasteiger partial charge in [0.05, 0.1) is 22.2 Å². The van der Waals surface area contributed by atoms with Crippen LogP contribution in [0.5, 0.6) is 0 Å². The van der Waals surface area contributed by atoms with Gasteiger partial charge in [-0.25, -0.2) is 4.98 Å². The van der Waals surface area contributed by atoms with Crippen molar-refractivity contribution in [1.82, 2.24) is 19.9 Å². The van der Waals surface area contributed by atoms with Crippen LogP contribution in [0.4, 0.5) is 17.1 Å². The van der Waals surface area contributed by atoms with E-state index in [0.29, 0.717) is 17.3 Å². The highest BCUT2D eigenvalue weighted by Crippen LogP contribution is 2.40. The molecule has 9 heteroatoms. The first kappa shape index (κ1) is 26.3. The Morgan fingerprint density at radius 2 is 1.81 bits per heavy atom. The highest BCUT2D eigenvalue weighted by atomic mass is 16.1. The molecule has 0 aliphatic carbocycles. The van der Waals surface area contributed by atoms with Crippen molar-refractivity contribution in [1.29, 1.82) is 0 Å². The number of benzene rings is 3. The van der Waals surface area contributed by atoms with Gasteiger partial charge in [0.2, 0.25) is 5.91 Å². The molecule has 0 radical (unpaired) electrons. The van der Waals surface area contributed by atoms with Gasteiger partial charge in [-0.2, -0.15) is 0 Å². The van der Waals surface area contributed by atoms with Gasteiger partial charge in [-0.3, -0.25) is 9.59 Å². The van der Waals surface area contributed by atoms with Crippen molar-refractivity contribution in [2.45, 2.75) is 25.8 Å². The second kappa shape index (κ2) is 10.3. The number of rotatable bonds is 6. The molecule has 0 unspecified atom stereocenters. The Morgan fingerprint density at radius 3 is 2.52 bits per heavy atom. The van der Waals surface area contributed by atoms with Crippen LogP contribution >= 0.6 is 0 Å². The fraction of sp³-hybridized carbons (Fsp3) is 0.303. The lowest BCUT2D eigenvalue weighted by Crippen LogP contribution is -2.53. The van der Waals surface area contributed by atoms with Crippen LogP contribution in [0.2, 0.25) is 0 Å². The number of fused-ring (bicyclic) bond motifs is 5. The van der Waals surface area contributed by atoms with Crippen LogP contribution in [0.1, 0.15) is 19.8 Å². The predicted molar refractivity (Wildman–Crippen MR) is 170 cm³/mol. The molecule has 2 bridgehead atoms. The Balaban J connectivity index is 1.47. The molecule has 9 nitrogen and oxygen atoms in total. The van der Waals surface area contributed by atoms with Gasteiger partial charge in [0.15, 0.2) is 0 Å². The molecule has 3 aliphatic heterocycles. The Bertz CT molecular complexity index is 1850. The zero-order valence-corrected chi connectivity index (χ0v) is 24.1. The molecule has 2 aromatic heterocycles. The molecule has 3 fully saturated rings. The van der Waals surface area contributed by atoms with E-state index < -0.39 is 0 Å². The molecule has 3 aromatic carbocycles. The second-order valence-corrected chi connectivity index (χ2v) is 11.8. The molecular formula is C33H35N7O2. The third-order valence-corrected chi connectivity index (χ3v) is 8.72. The van der Waals surface area contributed by atoms with Crippen LogP contribution in [-0.2, 0) is 4.79 Å². The Hall–Kier alpha value is -4.63. The molecule has 0 spiro atoms. The average molecular weight is 562 g/mol. The normalized spacial score (nSPS) is 19.7. The molecule has 0 saturated carbocycles. The number of nitrogens with zero attached hydrogens (tertiary/aromatic N) is 3. The summed E-state index contributed by atoms with van der Waals surface area (Å²) in [7, 11) is 3.99. The average Bonchev–Trinajstić information content (AvgIpc) is 3.41. The largest absolute Gasteiger partial charge is 0.379 e. The van der Waals surface area contributed by atoms with Crippen LogP contribution in [0.3, 0.4) is 0 Å². The highest BCUT2D eigenvalue weighted by Gasteiger charge is 2.35. The summed E-state index contributed by atoms with van der Waals surface area (Å²) in [6.07, 6.45) is 2.31. The molecule has 4 N–H and O–H groups in total. The summed E-state index contributed by atoms with van der Waals surface area (Å²) in [6.45, 7) is 4.74. The minimum Gasteiger partial charge on any atom is -0.379 e. The number of para-hydroxylation sites is 2. The summed E-state index contributed by atoms with van der Waals surface area (Å²) in [5.41, 5.74) is 7.27. The zero-order chi connectivity index (χ0) is 29.0. The minimum atomic E-state index is -0.185. The zero-order valence-electron chi connectivity index (χ0n) is 24.1. The number of aromatic amines is 2. The molecule has 5 aromatic rings. The lowest BCUT2D eigenvalue weighted by molar-refractivity contribution is -0.114. The van der Waals surface area contributed by atoms with Gasteiger partial charge in [-0.15, -0.1) is 0 Å². The second-order valence-electron chi connectivity index (χ2n) is 11.8. The van der Waals surface area contributed by atoms with E-state index in [1.54, 1.807) is 0 Å². The molecule has 1 amide bonds. The van der Waals surface area contributed by atoms with Crippen molar-refractivity contribution in [2.24, 2.45) is 5.92 Å². The first-order valence-electron chi connectivity index (χ1n) is 14.6. The first-order chi connectivity index (χ1) is 20.3. The molecule has 8 rings (SSSR count). The molecule has 5 heterocycles. The topological polar surface area (TPSA) is 109 Å². The molecule has 3 saturated heterocycles. The molecule has 3 aliphatic rings. The number of nitrogens with one attached hydrogen (secondary N) is 4. The SMILES string of the molecule is CC(=O)Nc1cccc(-c2cc3c(N[C@H]4CN5CCC4CC5)c(-c4nc5ccccc5[nH]4)c(=O)[nH]c3cc2N(C)C)c1. The van der Waals surface area contributed by atoms with E-state index in [0.717, 1.165) is 82.6 Å². The fourth-order valence-corrected chi connectivity index (χ4v) is 6.66. The Labute approximate surface area is 244 Å². The van der Waals surface area contributed by atoms with Crippen molar-refractivity contribution in [3.63, 3.8) is 0 Å². The predicted octanol–water partition coefficient (Wildman–Crippen LogP) is 5.27. The van der Waals surface area contributed by atoms with Crippen LogP contribution < -0.4 is 21.1 Å². The third-order valence-electron chi connectivity index (χ3n) is 8.72. The van der Waals surface area contributed by atoms with Gasteiger partial charge in [-0.1, -0.05) is 24.3 Å². The molecular weight excluding hydrogens is 526 g/mol. The number of piperidine rings is 3. The Kier molecular flexibility index (Phi) is 6.46. The smallest absolute Gasteiger partial charge is 0.261 e.